The Kier molecular flexibility index (Phi) is 4.54. The van der Waals surface area contributed by atoms with Crippen LogP contribution in [0.2, 0.25) is 0 Å². The Morgan fingerprint density at radius 1 is 1.35 bits per heavy atom. The van der Waals surface area contributed by atoms with Crippen LogP contribution < -0.4 is 5.43 Å². The van der Waals surface area contributed by atoms with Gasteiger partial charge in [-0.2, -0.15) is 0 Å². The van der Waals surface area contributed by atoms with Crippen LogP contribution in [0.3, 0.4) is 0 Å². The topological polar surface area (TPSA) is 32.3 Å². The molecule has 94 valence electrons. The molecule has 0 spiro atoms. The lowest BCUT2D eigenvalue weighted by Crippen LogP contribution is -2.46. The summed E-state index contributed by atoms with van der Waals surface area (Å²) in [4.78, 5) is 12.0. The number of nitrogens with one attached hydrogen (secondary N) is 1. The molecule has 0 unspecified atom stereocenters. The van der Waals surface area contributed by atoms with E-state index in [4.69, 9.17) is 11.8 Å². The van der Waals surface area contributed by atoms with E-state index in [2.05, 4.69) is 5.43 Å². The number of hydrazine groups is 1. The van der Waals surface area contributed by atoms with Crippen molar-refractivity contribution < 1.29 is 4.79 Å². The SMILES string of the molecule is CCc1ccccc1C(=O)NN(Cl)C(C)(C)C. The van der Waals surface area contributed by atoms with E-state index in [1.54, 1.807) is 0 Å². The fourth-order valence-corrected chi connectivity index (χ4v) is 1.44. The third-order valence-corrected chi connectivity index (χ3v) is 3.02. The minimum absolute atomic E-state index is 0.174. The van der Waals surface area contributed by atoms with Crippen molar-refractivity contribution in [3.05, 3.63) is 35.4 Å². The van der Waals surface area contributed by atoms with Gasteiger partial charge in [0.25, 0.3) is 5.91 Å². The number of hydrogen-bond acceptors (Lipinski definition) is 2. The van der Waals surface area contributed by atoms with Crippen LogP contribution in [-0.4, -0.2) is 16.0 Å². The molecule has 3 nitrogen and oxygen atoms in total. The number of amides is 1. The minimum Gasteiger partial charge on any atom is -0.270 e. The Morgan fingerprint density at radius 2 is 1.94 bits per heavy atom. The van der Waals surface area contributed by atoms with E-state index in [0.717, 1.165) is 12.0 Å². The van der Waals surface area contributed by atoms with Crippen molar-refractivity contribution in [2.24, 2.45) is 0 Å². The summed E-state index contributed by atoms with van der Waals surface area (Å²) in [5, 5.41) is 0. The molecule has 0 heterocycles. The Hall–Kier alpha value is -1.06. The van der Waals surface area contributed by atoms with Gasteiger partial charge in [0.15, 0.2) is 0 Å². The van der Waals surface area contributed by atoms with Crippen LogP contribution in [0.5, 0.6) is 0 Å². The highest BCUT2D eigenvalue weighted by Crippen LogP contribution is 2.15. The lowest BCUT2D eigenvalue weighted by atomic mass is 10.1. The monoisotopic (exact) mass is 254 g/mol. The fraction of sp³-hybridized carbons (Fsp3) is 0.462. The number of aryl methyl sites for hydroxylation is 1. The summed E-state index contributed by atoms with van der Waals surface area (Å²) in [7, 11) is 0. The standard InChI is InChI=1S/C13H19ClN2O/c1-5-10-8-6-7-9-11(10)12(17)15-16(14)13(2,3)4/h6-9H,5H2,1-4H3,(H,15,17). The maximum Gasteiger partial charge on any atom is 0.266 e. The van der Waals surface area contributed by atoms with Crippen LogP contribution >= 0.6 is 11.8 Å². The van der Waals surface area contributed by atoms with Gasteiger partial charge < -0.3 is 0 Å². The van der Waals surface area contributed by atoms with Crippen molar-refractivity contribution in [1.82, 2.24) is 9.95 Å². The van der Waals surface area contributed by atoms with Crippen molar-refractivity contribution in [3.8, 4) is 0 Å². The Bertz CT molecular complexity index is 399. The van der Waals surface area contributed by atoms with Crippen LogP contribution in [0.25, 0.3) is 0 Å². The highest BCUT2D eigenvalue weighted by atomic mass is 35.5. The molecule has 17 heavy (non-hydrogen) atoms. The van der Waals surface area contributed by atoms with Crippen LogP contribution in [0.1, 0.15) is 43.6 Å². The minimum atomic E-state index is -0.321. The largest absolute Gasteiger partial charge is 0.270 e. The molecule has 0 aromatic heterocycles. The second-order valence-corrected chi connectivity index (χ2v) is 5.24. The van der Waals surface area contributed by atoms with Crippen molar-refractivity contribution in [2.75, 3.05) is 0 Å². The van der Waals surface area contributed by atoms with Gasteiger partial charge in [-0.05, 0) is 38.8 Å². The molecule has 0 bridgehead atoms. The Morgan fingerprint density at radius 3 is 2.47 bits per heavy atom. The van der Waals surface area contributed by atoms with E-state index in [1.165, 1.54) is 4.53 Å². The fourth-order valence-electron chi connectivity index (χ4n) is 1.37. The molecule has 0 aliphatic rings. The summed E-state index contributed by atoms with van der Waals surface area (Å²) in [5.74, 6) is -0.174. The molecule has 0 fully saturated rings. The van der Waals surface area contributed by atoms with E-state index in [-0.39, 0.29) is 11.4 Å². The summed E-state index contributed by atoms with van der Waals surface area (Å²) < 4.78 is 1.31. The molecule has 4 heteroatoms. The van der Waals surface area contributed by atoms with E-state index in [9.17, 15) is 4.79 Å². The second-order valence-electron chi connectivity index (χ2n) is 4.90. The van der Waals surface area contributed by atoms with Crippen LogP contribution in [-0.2, 0) is 6.42 Å². The van der Waals surface area contributed by atoms with E-state index >= 15 is 0 Å². The van der Waals surface area contributed by atoms with Crippen molar-refractivity contribution in [1.29, 1.82) is 0 Å². The molecule has 0 radical (unpaired) electrons. The number of halogens is 1. The second kappa shape index (κ2) is 5.52. The van der Waals surface area contributed by atoms with Gasteiger partial charge in [0.1, 0.15) is 0 Å². The first-order chi connectivity index (χ1) is 7.86. The van der Waals surface area contributed by atoms with Gasteiger partial charge in [-0.3, -0.25) is 10.2 Å². The van der Waals surface area contributed by atoms with Gasteiger partial charge in [-0.1, -0.05) is 25.1 Å². The lowest BCUT2D eigenvalue weighted by molar-refractivity contribution is 0.0805. The summed E-state index contributed by atoms with van der Waals surface area (Å²) >= 11 is 6.00. The average molecular weight is 255 g/mol. The molecule has 0 saturated heterocycles. The van der Waals surface area contributed by atoms with E-state index in [0.29, 0.717) is 5.56 Å². The molecule has 1 rings (SSSR count). The van der Waals surface area contributed by atoms with Crippen molar-refractivity contribution in [2.45, 2.75) is 39.7 Å². The molecule has 0 saturated carbocycles. The molecule has 1 amide bonds. The molecular weight excluding hydrogens is 236 g/mol. The molecule has 0 aliphatic heterocycles. The van der Waals surface area contributed by atoms with Gasteiger partial charge in [-0.15, -0.1) is 4.53 Å². The van der Waals surface area contributed by atoms with Crippen molar-refractivity contribution in [3.63, 3.8) is 0 Å². The van der Waals surface area contributed by atoms with Gasteiger partial charge in [0.2, 0.25) is 0 Å². The van der Waals surface area contributed by atoms with Crippen LogP contribution in [0.15, 0.2) is 24.3 Å². The molecule has 0 atom stereocenters. The van der Waals surface area contributed by atoms with E-state index < -0.39 is 0 Å². The average Bonchev–Trinajstić information content (AvgIpc) is 2.27. The number of carbonyl (C=O) groups is 1. The lowest BCUT2D eigenvalue weighted by Gasteiger charge is -2.28. The van der Waals surface area contributed by atoms with Crippen LogP contribution in [0, 0.1) is 0 Å². The zero-order valence-electron chi connectivity index (χ0n) is 10.7. The van der Waals surface area contributed by atoms with E-state index in [1.807, 2.05) is 52.0 Å². The summed E-state index contributed by atoms with van der Waals surface area (Å²) in [6.07, 6.45) is 0.821. The summed E-state index contributed by atoms with van der Waals surface area (Å²) in [6.45, 7) is 7.79. The molecular formula is C13H19ClN2O. The number of benzene rings is 1. The predicted molar refractivity (Wildman–Crippen MR) is 70.7 cm³/mol. The Balaban J connectivity index is 2.84. The van der Waals surface area contributed by atoms with Gasteiger partial charge >= 0.3 is 0 Å². The third kappa shape index (κ3) is 3.72. The smallest absolute Gasteiger partial charge is 0.266 e. The quantitative estimate of drug-likeness (QED) is 0.664. The summed E-state index contributed by atoms with van der Waals surface area (Å²) in [5.41, 5.74) is 4.04. The molecule has 0 aliphatic carbocycles. The zero-order valence-corrected chi connectivity index (χ0v) is 11.5. The first kappa shape index (κ1) is 14.0. The normalized spacial score (nSPS) is 11.6. The van der Waals surface area contributed by atoms with Crippen molar-refractivity contribution >= 4 is 17.7 Å². The maximum absolute atomic E-state index is 12.0. The summed E-state index contributed by atoms with van der Waals surface area (Å²) in [6, 6.07) is 7.54. The van der Waals surface area contributed by atoms with Crippen LogP contribution in [0.4, 0.5) is 0 Å². The number of carbonyl (C=O) groups excluding carboxylic acids is 1. The predicted octanol–water partition coefficient (Wildman–Crippen LogP) is 3.15. The molecule has 1 aromatic carbocycles. The number of rotatable bonds is 3. The zero-order chi connectivity index (χ0) is 13.1. The number of hydrogen-bond donors (Lipinski definition) is 1. The highest BCUT2D eigenvalue weighted by molar-refractivity contribution is 6.14. The Labute approximate surface area is 108 Å². The van der Waals surface area contributed by atoms with Gasteiger partial charge in [0, 0.05) is 22.9 Å². The molecule has 1 aromatic rings. The highest BCUT2D eigenvalue weighted by Gasteiger charge is 2.22. The first-order valence-corrected chi connectivity index (χ1v) is 6.05. The number of nitrogens with zero attached hydrogens (tertiary/aromatic N) is 1. The van der Waals surface area contributed by atoms with Gasteiger partial charge in [0.05, 0.1) is 0 Å². The maximum atomic E-state index is 12.0. The third-order valence-electron chi connectivity index (χ3n) is 2.43. The molecule has 1 N–H and O–H groups in total. The van der Waals surface area contributed by atoms with Gasteiger partial charge in [-0.25, -0.2) is 0 Å². The first-order valence-electron chi connectivity index (χ1n) is 5.71.